The Balaban J connectivity index is 2.81. The second-order valence-corrected chi connectivity index (χ2v) is 5.20. The van der Waals surface area contributed by atoms with Gasteiger partial charge in [0.2, 0.25) is 0 Å². The average molecular weight is 347 g/mol. The van der Waals surface area contributed by atoms with E-state index in [0.29, 0.717) is 29.1 Å². The maximum Gasteiger partial charge on any atom is 0.255 e. The largest absolute Gasteiger partial charge is 0.493 e. The normalized spacial score (nSPS) is 12.0. The summed E-state index contributed by atoms with van der Waals surface area (Å²) in [4.78, 5) is 10.8. The number of ether oxygens (including phenoxy) is 2. The first-order valence-electron chi connectivity index (χ1n) is 6.10. The van der Waals surface area contributed by atoms with Crippen LogP contribution in [0.25, 0.3) is 0 Å². The first-order chi connectivity index (χ1) is 9.43. The first-order valence-corrected chi connectivity index (χ1v) is 6.89. The molecule has 7 heteroatoms. The molecule has 1 rings (SSSR count). The van der Waals surface area contributed by atoms with Crippen molar-refractivity contribution in [2.75, 3.05) is 20.3 Å². The van der Waals surface area contributed by atoms with Crippen molar-refractivity contribution in [3.05, 3.63) is 22.2 Å². The highest BCUT2D eigenvalue weighted by Crippen LogP contribution is 2.36. The zero-order chi connectivity index (χ0) is 15.1. The number of methoxy groups -OCH3 is 1. The van der Waals surface area contributed by atoms with Gasteiger partial charge in [0.15, 0.2) is 18.1 Å². The molecule has 0 aliphatic carbocycles. The molecule has 1 atom stereocenters. The highest BCUT2D eigenvalue weighted by molar-refractivity contribution is 9.10. The summed E-state index contributed by atoms with van der Waals surface area (Å²) in [5, 5.41) is 12.3. The number of aliphatic hydroxyl groups is 1. The van der Waals surface area contributed by atoms with Crippen molar-refractivity contribution in [1.82, 2.24) is 5.32 Å². The van der Waals surface area contributed by atoms with Gasteiger partial charge in [0.1, 0.15) is 0 Å². The molecule has 4 N–H and O–H groups in total. The van der Waals surface area contributed by atoms with Gasteiger partial charge in [-0.3, -0.25) is 4.79 Å². The summed E-state index contributed by atoms with van der Waals surface area (Å²) in [7, 11) is 1.52. The van der Waals surface area contributed by atoms with Crippen LogP contribution in [0.3, 0.4) is 0 Å². The lowest BCUT2D eigenvalue weighted by molar-refractivity contribution is -0.119. The van der Waals surface area contributed by atoms with Gasteiger partial charge in [0.05, 0.1) is 17.7 Å². The van der Waals surface area contributed by atoms with Crippen LogP contribution in [-0.4, -0.2) is 37.4 Å². The molecule has 1 aromatic carbocycles. The molecule has 0 radical (unpaired) electrons. The van der Waals surface area contributed by atoms with Gasteiger partial charge in [-0.05, 0) is 40.5 Å². The summed E-state index contributed by atoms with van der Waals surface area (Å²) in [6.07, 6.45) is -0.404. The van der Waals surface area contributed by atoms with E-state index in [-0.39, 0.29) is 6.61 Å². The van der Waals surface area contributed by atoms with Crippen LogP contribution in [0.4, 0.5) is 0 Å². The van der Waals surface area contributed by atoms with E-state index in [1.54, 1.807) is 13.0 Å². The van der Waals surface area contributed by atoms with Crippen LogP contribution in [-0.2, 0) is 11.3 Å². The molecule has 112 valence electrons. The predicted molar refractivity (Wildman–Crippen MR) is 78.8 cm³/mol. The number of benzene rings is 1. The smallest absolute Gasteiger partial charge is 0.255 e. The minimum Gasteiger partial charge on any atom is -0.493 e. The van der Waals surface area contributed by atoms with E-state index < -0.39 is 12.0 Å². The molecule has 1 amide bonds. The van der Waals surface area contributed by atoms with Crippen molar-refractivity contribution in [3.63, 3.8) is 0 Å². The standard InChI is InChI=1S/C13H19BrN2O4/c1-8(17)5-16-6-9-3-10(14)13(11(4-9)19-2)20-7-12(15)18/h3-4,8,16-17H,5-7H2,1-2H3,(H2,15,18)/t8-/m0/s1. The number of rotatable bonds is 8. The highest BCUT2D eigenvalue weighted by Gasteiger charge is 2.12. The second-order valence-electron chi connectivity index (χ2n) is 4.34. The molecular formula is C13H19BrN2O4. The van der Waals surface area contributed by atoms with Crippen LogP contribution in [0.5, 0.6) is 11.5 Å². The van der Waals surface area contributed by atoms with Crippen LogP contribution < -0.4 is 20.5 Å². The quantitative estimate of drug-likeness (QED) is 0.647. The Bertz CT molecular complexity index is 466. The Morgan fingerprint density at radius 3 is 2.80 bits per heavy atom. The lowest BCUT2D eigenvalue weighted by Crippen LogP contribution is -2.24. The topological polar surface area (TPSA) is 93.8 Å². The van der Waals surface area contributed by atoms with Gasteiger partial charge in [-0.2, -0.15) is 0 Å². The first kappa shape index (κ1) is 16.7. The van der Waals surface area contributed by atoms with Crippen molar-refractivity contribution in [3.8, 4) is 11.5 Å². The second kappa shape index (κ2) is 8.08. The zero-order valence-corrected chi connectivity index (χ0v) is 13.1. The van der Waals surface area contributed by atoms with Gasteiger partial charge in [0, 0.05) is 13.1 Å². The van der Waals surface area contributed by atoms with Crippen LogP contribution in [0.1, 0.15) is 12.5 Å². The molecule has 0 aliphatic heterocycles. The number of aliphatic hydroxyl groups excluding tert-OH is 1. The monoisotopic (exact) mass is 346 g/mol. The van der Waals surface area contributed by atoms with Gasteiger partial charge in [-0.25, -0.2) is 0 Å². The van der Waals surface area contributed by atoms with Crippen molar-refractivity contribution in [1.29, 1.82) is 0 Å². The molecule has 0 fully saturated rings. The summed E-state index contributed by atoms with van der Waals surface area (Å²) in [5.74, 6) is 0.390. The lowest BCUT2D eigenvalue weighted by Gasteiger charge is -2.14. The molecule has 0 spiro atoms. The van der Waals surface area contributed by atoms with E-state index in [4.69, 9.17) is 15.2 Å². The Hall–Kier alpha value is -1.31. The van der Waals surface area contributed by atoms with Crippen molar-refractivity contribution < 1.29 is 19.4 Å². The maximum atomic E-state index is 10.8. The van der Waals surface area contributed by atoms with E-state index in [1.165, 1.54) is 7.11 Å². The minimum absolute atomic E-state index is 0.214. The average Bonchev–Trinajstić information content (AvgIpc) is 2.36. The van der Waals surface area contributed by atoms with Gasteiger partial charge in [0.25, 0.3) is 5.91 Å². The molecule has 0 heterocycles. The zero-order valence-electron chi connectivity index (χ0n) is 11.5. The number of primary amides is 1. The number of halogens is 1. The summed E-state index contributed by atoms with van der Waals surface area (Å²) in [5.41, 5.74) is 6.01. The third-order valence-corrected chi connectivity index (χ3v) is 3.01. The Morgan fingerprint density at radius 2 is 2.25 bits per heavy atom. The number of carbonyl (C=O) groups excluding carboxylic acids is 1. The number of carbonyl (C=O) groups is 1. The van der Waals surface area contributed by atoms with Crippen molar-refractivity contribution in [2.45, 2.75) is 19.6 Å². The van der Waals surface area contributed by atoms with Crippen LogP contribution in [0, 0.1) is 0 Å². The van der Waals surface area contributed by atoms with Gasteiger partial charge >= 0.3 is 0 Å². The summed E-state index contributed by atoms with van der Waals surface area (Å²) in [6, 6.07) is 3.66. The molecule has 0 aliphatic rings. The number of nitrogens with one attached hydrogen (secondary N) is 1. The van der Waals surface area contributed by atoms with E-state index >= 15 is 0 Å². The van der Waals surface area contributed by atoms with Crippen molar-refractivity contribution >= 4 is 21.8 Å². The Kier molecular flexibility index (Phi) is 6.77. The Morgan fingerprint density at radius 1 is 1.55 bits per heavy atom. The van der Waals surface area contributed by atoms with Crippen LogP contribution >= 0.6 is 15.9 Å². The minimum atomic E-state index is -0.554. The van der Waals surface area contributed by atoms with Crippen molar-refractivity contribution in [2.24, 2.45) is 5.73 Å². The summed E-state index contributed by atoms with van der Waals surface area (Å²) < 4.78 is 11.2. The molecule has 1 aromatic rings. The predicted octanol–water partition coefficient (Wildman–Crippen LogP) is 0.792. The molecule has 6 nitrogen and oxygen atoms in total. The molecule has 0 aromatic heterocycles. The van der Waals surface area contributed by atoms with E-state index in [1.807, 2.05) is 6.07 Å². The Labute approximate surface area is 126 Å². The fourth-order valence-corrected chi connectivity index (χ4v) is 2.19. The third-order valence-electron chi connectivity index (χ3n) is 2.42. The fraction of sp³-hybridized carbons (Fsp3) is 0.462. The fourth-order valence-electron chi connectivity index (χ4n) is 1.58. The van der Waals surface area contributed by atoms with Gasteiger partial charge in [-0.1, -0.05) is 0 Å². The summed E-state index contributed by atoms with van der Waals surface area (Å²) in [6.45, 7) is 2.58. The van der Waals surface area contributed by atoms with Crippen LogP contribution in [0.15, 0.2) is 16.6 Å². The molecule has 0 saturated carbocycles. The van der Waals surface area contributed by atoms with Crippen LogP contribution in [0.2, 0.25) is 0 Å². The number of nitrogens with two attached hydrogens (primary N) is 1. The lowest BCUT2D eigenvalue weighted by atomic mass is 10.2. The van der Waals surface area contributed by atoms with E-state index in [0.717, 1.165) is 5.56 Å². The maximum absolute atomic E-state index is 10.8. The molecule has 0 bridgehead atoms. The third kappa shape index (κ3) is 5.36. The highest BCUT2D eigenvalue weighted by atomic mass is 79.9. The van der Waals surface area contributed by atoms with Gasteiger partial charge < -0.3 is 25.6 Å². The summed E-state index contributed by atoms with van der Waals surface area (Å²) >= 11 is 3.38. The number of hydrogen-bond acceptors (Lipinski definition) is 5. The van der Waals surface area contributed by atoms with E-state index in [9.17, 15) is 9.90 Å². The van der Waals surface area contributed by atoms with E-state index in [2.05, 4.69) is 21.2 Å². The molecular weight excluding hydrogens is 328 g/mol. The molecule has 0 unspecified atom stereocenters. The van der Waals surface area contributed by atoms with Gasteiger partial charge in [-0.15, -0.1) is 0 Å². The molecule has 20 heavy (non-hydrogen) atoms. The number of hydrogen-bond donors (Lipinski definition) is 3. The number of amides is 1. The SMILES string of the molecule is COc1cc(CNC[C@H](C)O)cc(Br)c1OCC(N)=O. The molecule has 0 saturated heterocycles.